The Kier molecular flexibility index (Phi) is 6.18. The third-order valence-corrected chi connectivity index (χ3v) is 6.82. The number of carbonyl (C=O) groups is 1. The zero-order valence-electron chi connectivity index (χ0n) is 18.2. The molecule has 30 heavy (non-hydrogen) atoms. The average Bonchev–Trinajstić information content (AvgIpc) is 3.15. The number of benzene rings is 2. The standard InChI is InChI=1S/C24H29N3O2S/c1-16-13-19(4)22-21(14-16)30-24(25-22)27(8-7-26-9-11-29-12-10-26)23(28)20-6-5-17(2)18(3)15-20/h5-6,13-15H,7-12H2,1-4H3. The lowest BCUT2D eigenvalue weighted by molar-refractivity contribution is 0.0391. The van der Waals surface area contributed by atoms with E-state index in [1.807, 2.05) is 30.0 Å². The molecule has 1 aliphatic rings. The molecular formula is C24H29N3O2S. The van der Waals surface area contributed by atoms with Crippen LogP contribution < -0.4 is 4.90 Å². The normalized spacial score (nSPS) is 14.9. The monoisotopic (exact) mass is 423 g/mol. The zero-order chi connectivity index (χ0) is 21.3. The molecule has 158 valence electrons. The fourth-order valence-electron chi connectivity index (χ4n) is 3.85. The lowest BCUT2D eigenvalue weighted by Gasteiger charge is -2.29. The van der Waals surface area contributed by atoms with Crippen LogP contribution in [0.15, 0.2) is 30.3 Å². The van der Waals surface area contributed by atoms with Gasteiger partial charge >= 0.3 is 0 Å². The molecule has 1 aromatic heterocycles. The van der Waals surface area contributed by atoms with Gasteiger partial charge in [-0.1, -0.05) is 23.5 Å². The van der Waals surface area contributed by atoms with E-state index in [-0.39, 0.29) is 5.91 Å². The minimum absolute atomic E-state index is 0.0137. The second kappa shape index (κ2) is 8.84. The molecule has 1 amide bonds. The van der Waals surface area contributed by atoms with Crippen LogP contribution in [0.5, 0.6) is 0 Å². The first-order valence-electron chi connectivity index (χ1n) is 10.5. The minimum Gasteiger partial charge on any atom is -0.379 e. The molecule has 0 spiro atoms. The average molecular weight is 424 g/mol. The highest BCUT2D eigenvalue weighted by molar-refractivity contribution is 7.22. The molecule has 2 heterocycles. The summed E-state index contributed by atoms with van der Waals surface area (Å²) in [5.41, 5.74) is 6.40. The van der Waals surface area contributed by atoms with Crippen molar-refractivity contribution in [3.05, 3.63) is 58.1 Å². The number of aromatic nitrogens is 1. The molecule has 0 N–H and O–H groups in total. The molecule has 0 saturated carbocycles. The first-order chi connectivity index (χ1) is 14.4. The van der Waals surface area contributed by atoms with Crippen LogP contribution >= 0.6 is 11.3 Å². The van der Waals surface area contributed by atoms with Crippen molar-refractivity contribution in [2.45, 2.75) is 27.7 Å². The van der Waals surface area contributed by atoms with Crippen LogP contribution in [-0.4, -0.2) is 55.2 Å². The maximum atomic E-state index is 13.6. The summed E-state index contributed by atoms with van der Waals surface area (Å²) in [6, 6.07) is 10.2. The molecule has 1 aliphatic heterocycles. The number of hydrogen-bond acceptors (Lipinski definition) is 5. The maximum absolute atomic E-state index is 13.6. The van der Waals surface area contributed by atoms with Gasteiger partial charge in [0.15, 0.2) is 5.13 Å². The number of anilines is 1. The Hall–Kier alpha value is -2.28. The molecule has 0 unspecified atom stereocenters. The van der Waals surface area contributed by atoms with Gasteiger partial charge in [0.1, 0.15) is 0 Å². The molecule has 0 atom stereocenters. The van der Waals surface area contributed by atoms with Gasteiger partial charge in [-0.15, -0.1) is 0 Å². The van der Waals surface area contributed by atoms with Gasteiger partial charge in [0.05, 0.1) is 23.4 Å². The molecule has 0 radical (unpaired) electrons. The Labute approximate surface area is 182 Å². The number of morpholine rings is 1. The van der Waals surface area contributed by atoms with Gasteiger partial charge in [-0.3, -0.25) is 14.6 Å². The topological polar surface area (TPSA) is 45.7 Å². The summed E-state index contributed by atoms with van der Waals surface area (Å²) in [5.74, 6) is 0.0137. The number of aryl methyl sites for hydroxylation is 4. The summed E-state index contributed by atoms with van der Waals surface area (Å²) in [6.07, 6.45) is 0. The number of ether oxygens (including phenoxy) is 1. The highest BCUT2D eigenvalue weighted by atomic mass is 32.1. The Morgan fingerprint density at radius 1 is 1.07 bits per heavy atom. The van der Waals surface area contributed by atoms with E-state index < -0.39 is 0 Å². The van der Waals surface area contributed by atoms with E-state index in [9.17, 15) is 4.79 Å². The number of rotatable bonds is 5. The molecular weight excluding hydrogens is 394 g/mol. The minimum atomic E-state index is 0.0137. The van der Waals surface area contributed by atoms with E-state index in [2.05, 4.69) is 37.8 Å². The van der Waals surface area contributed by atoms with E-state index in [0.29, 0.717) is 12.1 Å². The van der Waals surface area contributed by atoms with Crippen LogP contribution in [0.2, 0.25) is 0 Å². The SMILES string of the molecule is Cc1cc(C)c2nc(N(CCN3CCOCC3)C(=O)c3ccc(C)c(C)c3)sc2c1. The summed E-state index contributed by atoms with van der Waals surface area (Å²) in [6.45, 7) is 13.1. The molecule has 4 rings (SSSR count). The Balaban J connectivity index is 1.68. The summed E-state index contributed by atoms with van der Waals surface area (Å²) >= 11 is 1.60. The van der Waals surface area contributed by atoms with Crippen molar-refractivity contribution in [1.29, 1.82) is 0 Å². The summed E-state index contributed by atoms with van der Waals surface area (Å²) in [4.78, 5) is 22.7. The first kappa shape index (κ1) is 21.0. The highest BCUT2D eigenvalue weighted by Crippen LogP contribution is 2.32. The van der Waals surface area contributed by atoms with Crippen LogP contribution in [0, 0.1) is 27.7 Å². The molecule has 6 heteroatoms. The number of nitrogens with zero attached hydrogens (tertiary/aromatic N) is 3. The zero-order valence-corrected chi connectivity index (χ0v) is 19.0. The third kappa shape index (κ3) is 4.41. The number of carbonyl (C=O) groups excluding carboxylic acids is 1. The second-order valence-corrected chi connectivity index (χ2v) is 9.14. The van der Waals surface area contributed by atoms with E-state index in [4.69, 9.17) is 9.72 Å². The molecule has 2 aromatic carbocycles. The van der Waals surface area contributed by atoms with Crippen molar-refractivity contribution in [3.63, 3.8) is 0 Å². The van der Waals surface area contributed by atoms with Crippen molar-refractivity contribution in [1.82, 2.24) is 9.88 Å². The van der Waals surface area contributed by atoms with E-state index in [0.717, 1.165) is 59.3 Å². The van der Waals surface area contributed by atoms with Crippen LogP contribution in [0.3, 0.4) is 0 Å². The van der Waals surface area contributed by atoms with Gasteiger partial charge in [-0.2, -0.15) is 0 Å². The lowest BCUT2D eigenvalue weighted by atomic mass is 10.1. The molecule has 0 aliphatic carbocycles. The Morgan fingerprint density at radius 3 is 2.57 bits per heavy atom. The summed E-state index contributed by atoms with van der Waals surface area (Å²) in [7, 11) is 0. The van der Waals surface area contributed by atoms with Gasteiger partial charge < -0.3 is 4.74 Å². The van der Waals surface area contributed by atoms with Gasteiger partial charge in [-0.25, -0.2) is 4.98 Å². The van der Waals surface area contributed by atoms with Crippen molar-refractivity contribution in [2.75, 3.05) is 44.3 Å². The molecule has 1 fully saturated rings. The van der Waals surface area contributed by atoms with Crippen molar-refractivity contribution < 1.29 is 9.53 Å². The predicted octanol–water partition coefficient (Wildman–Crippen LogP) is 4.51. The van der Waals surface area contributed by atoms with Crippen LogP contribution in [0.25, 0.3) is 10.2 Å². The quantitative estimate of drug-likeness (QED) is 0.606. The Bertz CT molecular complexity index is 1070. The van der Waals surface area contributed by atoms with Crippen molar-refractivity contribution in [2.24, 2.45) is 0 Å². The first-order valence-corrected chi connectivity index (χ1v) is 11.3. The molecule has 0 bridgehead atoms. The van der Waals surface area contributed by atoms with Crippen LogP contribution in [0.1, 0.15) is 32.6 Å². The van der Waals surface area contributed by atoms with Gasteiger partial charge in [0.25, 0.3) is 5.91 Å². The van der Waals surface area contributed by atoms with Crippen LogP contribution in [-0.2, 0) is 4.74 Å². The predicted molar refractivity (Wildman–Crippen MR) is 124 cm³/mol. The number of fused-ring (bicyclic) bond motifs is 1. The largest absolute Gasteiger partial charge is 0.379 e. The summed E-state index contributed by atoms with van der Waals surface area (Å²) < 4.78 is 6.60. The number of thiazole rings is 1. The summed E-state index contributed by atoms with van der Waals surface area (Å²) in [5, 5.41) is 0.773. The fraction of sp³-hybridized carbons (Fsp3) is 0.417. The van der Waals surface area contributed by atoms with E-state index >= 15 is 0 Å². The second-order valence-electron chi connectivity index (χ2n) is 8.13. The highest BCUT2D eigenvalue weighted by Gasteiger charge is 2.23. The van der Waals surface area contributed by atoms with Gasteiger partial charge in [0, 0.05) is 31.7 Å². The van der Waals surface area contributed by atoms with Gasteiger partial charge in [0.2, 0.25) is 0 Å². The van der Waals surface area contributed by atoms with E-state index in [1.165, 1.54) is 11.1 Å². The lowest BCUT2D eigenvalue weighted by Crippen LogP contribution is -2.43. The van der Waals surface area contributed by atoms with E-state index in [1.54, 1.807) is 11.3 Å². The molecule has 1 saturated heterocycles. The van der Waals surface area contributed by atoms with Crippen molar-refractivity contribution in [3.8, 4) is 0 Å². The smallest absolute Gasteiger partial charge is 0.260 e. The molecule has 5 nitrogen and oxygen atoms in total. The molecule has 3 aromatic rings. The van der Waals surface area contributed by atoms with Crippen molar-refractivity contribution >= 4 is 32.6 Å². The number of hydrogen-bond donors (Lipinski definition) is 0. The number of amides is 1. The fourth-order valence-corrected chi connectivity index (χ4v) is 5.02. The maximum Gasteiger partial charge on any atom is 0.260 e. The van der Waals surface area contributed by atoms with Gasteiger partial charge in [-0.05, 0) is 68.1 Å². The Morgan fingerprint density at radius 2 is 1.83 bits per heavy atom. The third-order valence-electron chi connectivity index (χ3n) is 5.79. The van der Waals surface area contributed by atoms with Crippen LogP contribution in [0.4, 0.5) is 5.13 Å².